The summed E-state index contributed by atoms with van der Waals surface area (Å²) in [6.07, 6.45) is -3.31. The highest BCUT2D eigenvalue weighted by molar-refractivity contribution is 5.94. The highest BCUT2D eigenvalue weighted by Crippen LogP contribution is 2.32. The molecule has 7 heteroatoms. The molecule has 0 saturated carbocycles. The van der Waals surface area contributed by atoms with Gasteiger partial charge in [0.15, 0.2) is 0 Å². The first kappa shape index (κ1) is 17.4. The Balaban J connectivity index is 2.63. The molecule has 118 valence electrons. The fraction of sp³-hybridized carbons (Fsp3) is 0.500. The van der Waals surface area contributed by atoms with Gasteiger partial charge in [-0.3, -0.25) is 4.79 Å². The van der Waals surface area contributed by atoms with Crippen LogP contribution in [0.3, 0.4) is 0 Å². The number of unbranched alkanes of at least 4 members (excludes halogenated alkanes) is 1. The molecule has 0 aliphatic carbocycles. The number of nitrogens with zero attached hydrogens (tertiary/aromatic N) is 1. The van der Waals surface area contributed by atoms with Gasteiger partial charge in [-0.2, -0.15) is 13.2 Å². The van der Waals surface area contributed by atoms with E-state index < -0.39 is 29.0 Å². The van der Waals surface area contributed by atoms with Gasteiger partial charge in [0, 0.05) is 6.54 Å². The van der Waals surface area contributed by atoms with Crippen molar-refractivity contribution >= 4 is 5.91 Å². The van der Waals surface area contributed by atoms with Crippen LogP contribution in [-0.2, 0) is 6.18 Å². The third-order valence-electron chi connectivity index (χ3n) is 2.87. The van der Waals surface area contributed by atoms with Gasteiger partial charge in [0.05, 0.1) is 11.1 Å². The molecular formula is C14H18F4N2O. The maximum absolute atomic E-state index is 13.7. The highest BCUT2D eigenvalue weighted by atomic mass is 19.4. The Hall–Kier alpha value is -1.63. The van der Waals surface area contributed by atoms with Crippen LogP contribution in [0.25, 0.3) is 0 Å². The van der Waals surface area contributed by atoms with E-state index in [0.717, 1.165) is 25.1 Å². The van der Waals surface area contributed by atoms with Gasteiger partial charge < -0.3 is 10.2 Å². The fourth-order valence-corrected chi connectivity index (χ4v) is 1.78. The fourth-order valence-electron chi connectivity index (χ4n) is 1.78. The van der Waals surface area contributed by atoms with Crippen molar-refractivity contribution in [2.24, 2.45) is 0 Å². The van der Waals surface area contributed by atoms with Crippen molar-refractivity contribution in [3.63, 3.8) is 0 Å². The number of alkyl halides is 3. The van der Waals surface area contributed by atoms with Gasteiger partial charge in [0.1, 0.15) is 5.82 Å². The van der Waals surface area contributed by atoms with Gasteiger partial charge in [-0.05, 0) is 45.6 Å². The standard InChI is InChI=1S/C14H18F4N2O/c1-20(2)9-4-3-8-19-13(21)10-6-5-7-11(12(10)15)14(16,17)18/h5-7H,3-4,8-9H2,1-2H3,(H,19,21). The lowest BCUT2D eigenvalue weighted by Crippen LogP contribution is -2.27. The zero-order chi connectivity index (χ0) is 16.0. The van der Waals surface area contributed by atoms with Gasteiger partial charge in [0.2, 0.25) is 0 Å². The van der Waals surface area contributed by atoms with E-state index in [9.17, 15) is 22.4 Å². The first-order valence-electron chi connectivity index (χ1n) is 6.52. The molecule has 0 heterocycles. The summed E-state index contributed by atoms with van der Waals surface area (Å²) in [6.45, 7) is 1.14. The minimum atomic E-state index is -4.81. The topological polar surface area (TPSA) is 32.3 Å². The summed E-state index contributed by atoms with van der Waals surface area (Å²) in [5, 5.41) is 2.43. The summed E-state index contributed by atoms with van der Waals surface area (Å²) in [4.78, 5) is 13.7. The van der Waals surface area contributed by atoms with Crippen LogP contribution in [-0.4, -0.2) is 38.0 Å². The molecule has 21 heavy (non-hydrogen) atoms. The molecule has 0 fully saturated rings. The van der Waals surface area contributed by atoms with Crippen LogP contribution in [0.1, 0.15) is 28.8 Å². The van der Waals surface area contributed by atoms with Crippen molar-refractivity contribution in [1.82, 2.24) is 10.2 Å². The summed E-state index contributed by atoms with van der Waals surface area (Å²) in [7, 11) is 3.83. The Bertz CT molecular complexity index is 486. The van der Waals surface area contributed by atoms with Crippen molar-refractivity contribution in [2.45, 2.75) is 19.0 Å². The van der Waals surface area contributed by atoms with E-state index in [2.05, 4.69) is 5.32 Å². The van der Waals surface area contributed by atoms with Crippen molar-refractivity contribution in [2.75, 3.05) is 27.2 Å². The number of hydrogen-bond acceptors (Lipinski definition) is 2. The molecule has 0 aliphatic rings. The van der Waals surface area contributed by atoms with E-state index in [0.29, 0.717) is 19.0 Å². The van der Waals surface area contributed by atoms with Gasteiger partial charge >= 0.3 is 6.18 Å². The van der Waals surface area contributed by atoms with Crippen LogP contribution >= 0.6 is 0 Å². The first-order valence-corrected chi connectivity index (χ1v) is 6.52. The highest BCUT2D eigenvalue weighted by Gasteiger charge is 2.35. The van der Waals surface area contributed by atoms with E-state index in [4.69, 9.17) is 0 Å². The largest absolute Gasteiger partial charge is 0.419 e. The summed E-state index contributed by atoms with van der Waals surface area (Å²) in [5.74, 6) is -2.36. The molecule has 1 rings (SSSR count). The molecule has 0 bridgehead atoms. The number of nitrogens with one attached hydrogen (secondary N) is 1. The number of carbonyl (C=O) groups excluding carboxylic acids is 1. The number of rotatable bonds is 6. The smallest absolute Gasteiger partial charge is 0.352 e. The maximum atomic E-state index is 13.7. The molecule has 0 aromatic heterocycles. The molecule has 1 aromatic carbocycles. The molecule has 0 unspecified atom stereocenters. The zero-order valence-electron chi connectivity index (χ0n) is 11.9. The summed E-state index contributed by atoms with van der Waals surface area (Å²) in [6, 6.07) is 2.68. The Morgan fingerprint density at radius 1 is 1.24 bits per heavy atom. The quantitative estimate of drug-likeness (QED) is 0.647. The van der Waals surface area contributed by atoms with Gasteiger partial charge in [-0.25, -0.2) is 4.39 Å². The number of benzene rings is 1. The van der Waals surface area contributed by atoms with Gasteiger partial charge in [-0.15, -0.1) is 0 Å². The van der Waals surface area contributed by atoms with Crippen LogP contribution in [0.15, 0.2) is 18.2 Å². The van der Waals surface area contributed by atoms with Crippen LogP contribution in [0, 0.1) is 5.82 Å². The predicted octanol–water partition coefficient (Wildman–Crippen LogP) is 2.92. The Kier molecular flexibility index (Phi) is 6.14. The van der Waals surface area contributed by atoms with E-state index >= 15 is 0 Å². The van der Waals surface area contributed by atoms with E-state index in [1.807, 2.05) is 19.0 Å². The van der Waals surface area contributed by atoms with E-state index in [-0.39, 0.29) is 0 Å². The molecule has 1 amide bonds. The number of hydrogen-bond donors (Lipinski definition) is 1. The lowest BCUT2D eigenvalue weighted by molar-refractivity contribution is -0.140. The Morgan fingerprint density at radius 3 is 2.48 bits per heavy atom. The number of carbonyl (C=O) groups is 1. The van der Waals surface area contributed by atoms with E-state index in [1.54, 1.807) is 0 Å². The molecule has 0 saturated heterocycles. The maximum Gasteiger partial charge on any atom is 0.419 e. The van der Waals surface area contributed by atoms with Gasteiger partial charge in [0.25, 0.3) is 5.91 Å². The number of halogens is 4. The minimum absolute atomic E-state index is 0.294. The lowest BCUT2D eigenvalue weighted by atomic mass is 10.1. The second-order valence-corrected chi connectivity index (χ2v) is 4.93. The average molecular weight is 306 g/mol. The van der Waals surface area contributed by atoms with Crippen molar-refractivity contribution in [1.29, 1.82) is 0 Å². The van der Waals surface area contributed by atoms with Crippen LogP contribution in [0.4, 0.5) is 17.6 Å². The van der Waals surface area contributed by atoms with Crippen LogP contribution in [0.5, 0.6) is 0 Å². The normalized spacial score (nSPS) is 11.8. The first-order chi connectivity index (χ1) is 9.73. The van der Waals surface area contributed by atoms with Gasteiger partial charge in [-0.1, -0.05) is 6.07 Å². The second kappa shape index (κ2) is 7.40. The van der Waals surface area contributed by atoms with Crippen LogP contribution in [0.2, 0.25) is 0 Å². The number of amides is 1. The third kappa shape index (κ3) is 5.34. The molecule has 1 aromatic rings. The molecular weight excluding hydrogens is 288 g/mol. The SMILES string of the molecule is CN(C)CCCCNC(=O)c1cccc(C(F)(F)F)c1F. The second-order valence-electron chi connectivity index (χ2n) is 4.93. The van der Waals surface area contributed by atoms with Crippen molar-refractivity contribution in [3.05, 3.63) is 35.1 Å². The van der Waals surface area contributed by atoms with Crippen molar-refractivity contribution < 1.29 is 22.4 Å². The molecule has 0 spiro atoms. The van der Waals surface area contributed by atoms with Crippen molar-refractivity contribution in [3.8, 4) is 0 Å². The molecule has 1 N–H and O–H groups in total. The summed E-state index contributed by atoms with van der Waals surface area (Å²) in [5.41, 5.74) is -2.01. The summed E-state index contributed by atoms with van der Waals surface area (Å²) >= 11 is 0. The Morgan fingerprint density at radius 2 is 1.90 bits per heavy atom. The zero-order valence-corrected chi connectivity index (χ0v) is 11.9. The predicted molar refractivity (Wildman–Crippen MR) is 71.5 cm³/mol. The average Bonchev–Trinajstić information content (AvgIpc) is 2.36. The molecule has 3 nitrogen and oxygen atoms in total. The van der Waals surface area contributed by atoms with E-state index in [1.165, 1.54) is 0 Å². The Labute approximate surface area is 120 Å². The molecule has 0 aliphatic heterocycles. The monoisotopic (exact) mass is 306 g/mol. The summed E-state index contributed by atoms with van der Waals surface area (Å²) < 4.78 is 51.3. The molecule has 0 atom stereocenters. The lowest BCUT2D eigenvalue weighted by Gasteiger charge is -2.12. The third-order valence-corrected chi connectivity index (χ3v) is 2.87. The minimum Gasteiger partial charge on any atom is -0.352 e. The molecule has 0 radical (unpaired) electrons. The van der Waals surface area contributed by atoms with Crippen LogP contribution < -0.4 is 5.32 Å².